The van der Waals surface area contributed by atoms with Crippen LogP contribution in [0.5, 0.6) is 0 Å². The zero-order chi connectivity index (χ0) is 13.1. The van der Waals surface area contributed by atoms with Crippen LogP contribution in [0.1, 0.15) is 32.6 Å². The van der Waals surface area contributed by atoms with Gasteiger partial charge in [0.05, 0.1) is 12.5 Å². The molecule has 18 heavy (non-hydrogen) atoms. The molecule has 0 spiro atoms. The number of carbonyl (C=O) groups excluding carboxylic acids is 1. The second-order valence-corrected chi connectivity index (χ2v) is 5.25. The standard InChI is InChI=1S/C14H20O4/c1-2-3-6-18-12(15)8-11-9-4-5-10(7-9)13(11)14(16)17/h4-5,9-11,13H,2-3,6-8H2,1H3,(H,16,17). The van der Waals surface area contributed by atoms with Crippen LogP contribution in [0.4, 0.5) is 0 Å². The Morgan fingerprint density at radius 2 is 2.06 bits per heavy atom. The van der Waals surface area contributed by atoms with Crippen molar-refractivity contribution in [2.75, 3.05) is 6.61 Å². The lowest BCUT2D eigenvalue weighted by molar-refractivity contribution is -0.148. The molecule has 0 aromatic carbocycles. The Balaban J connectivity index is 1.90. The number of rotatable bonds is 6. The van der Waals surface area contributed by atoms with E-state index in [1.54, 1.807) is 0 Å². The van der Waals surface area contributed by atoms with Gasteiger partial charge in [-0.15, -0.1) is 0 Å². The average Bonchev–Trinajstić information content (AvgIpc) is 2.89. The zero-order valence-electron chi connectivity index (χ0n) is 10.7. The number of carboxylic acids is 1. The van der Waals surface area contributed by atoms with Gasteiger partial charge in [0.1, 0.15) is 0 Å². The first-order valence-electron chi connectivity index (χ1n) is 6.70. The highest BCUT2D eigenvalue weighted by Gasteiger charge is 2.48. The van der Waals surface area contributed by atoms with Crippen molar-refractivity contribution in [3.63, 3.8) is 0 Å². The first-order chi connectivity index (χ1) is 8.63. The van der Waals surface area contributed by atoms with E-state index < -0.39 is 11.9 Å². The van der Waals surface area contributed by atoms with E-state index in [2.05, 4.69) is 6.08 Å². The Bertz CT molecular complexity index is 361. The van der Waals surface area contributed by atoms with Crippen LogP contribution in [0.15, 0.2) is 12.2 Å². The number of carboxylic acid groups (broad SMARTS) is 1. The van der Waals surface area contributed by atoms with Gasteiger partial charge in [-0.3, -0.25) is 9.59 Å². The Kier molecular flexibility index (Phi) is 4.04. The fourth-order valence-corrected chi connectivity index (χ4v) is 3.15. The smallest absolute Gasteiger partial charge is 0.307 e. The molecule has 0 aliphatic heterocycles. The number of ether oxygens (including phenoxy) is 1. The van der Waals surface area contributed by atoms with E-state index in [1.165, 1.54) is 0 Å². The van der Waals surface area contributed by atoms with Crippen LogP contribution < -0.4 is 0 Å². The second kappa shape index (κ2) is 5.55. The molecule has 2 aliphatic rings. The molecule has 1 N–H and O–H groups in total. The third-order valence-corrected chi connectivity index (χ3v) is 4.07. The topological polar surface area (TPSA) is 63.6 Å². The number of esters is 1. The molecule has 2 rings (SSSR count). The van der Waals surface area contributed by atoms with Crippen LogP contribution in [0.2, 0.25) is 0 Å². The van der Waals surface area contributed by atoms with Crippen molar-refractivity contribution >= 4 is 11.9 Å². The maximum atomic E-state index is 11.7. The average molecular weight is 252 g/mol. The maximum absolute atomic E-state index is 11.7. The van der Waals surface area contributed by atoms with Gasteiger partial charge in [-0.25, -0.2) is 0 Å². The lowest BCUT2D eigenvalue weighted by Gasteiger charge is -2.23. The molecule has 4 unspecified atom stereocenters. The molecule has 4 atom stereocenters. The van der Waals surface area contributed by atoms with E-state index >= 15 is 0 Å². The molecule has 0 aromatic rings. The van der Waals surface area contributed by atoms with E-state index in [9.17, 15) is 14.7 Å². The van der Waals surface area contributed by atoms with Gasteiger partial charge in [0.15, 0.2) is 0 Å². The van der Waals surface area contributed by atoms with E-state index in [0.717, 1.165) is 19.3 Å². The second-order valence-electron chi connectivity index (χ2n) is 5.25. The molecule has 2 bridgehead atoms. The van der Waals surface area contributed by atoms with Crippen LogP contribution in [0.25, 0.3) is 0 Å². The van der Waals surface area contributed by atoms with E-state index in [4.69, 9.17) is 4.74 Å². The predicted molar refractivity (Wildman–Crippen MR) is 65.8 cm³/mol. The van der Waals surface area contributed by atoms with Gasteiger partial charge in [-0.1, -0.05) is 25.5 Å². The number of allylic oxidation sites excluding steroid dienone is 2. The highest BCUT2D eigenvalue weighted by atomic mass is 16.5. The van der Waals surface area contributed by atoms with Gasteiger partial charge in [-0.2, -0.15) is 0 Å². The normalized spacial score (nSPS) is 32.7. The van der Waals surface area contributed by atoms with Crippen molar-refractivity contribution in [1.82, 2.24) is 0 Å². The van der Waals surface area contributed by atoms with Gasteiger partial charge in [-0.05, 0) is 30.6 Å². The maximum Gasteiger partial charge on any atom is 0.307 e. The van der Waals surface area contributed by atoms with Gasteiger partial charge < -0.3 is 9.84 Å². The first kappa shape index (κ1) is 13.1. The number of carbonyl (C=O) groups is 2. The summed E-state index contributed by atoms with van der Waals surface area (Å²) in [6, 6.07) is 0. The van der Waals surface area contributed by atoms with Crippen LogP contribution in [0.3, 0.4) is 0 Å². The van der Waals surface area contributed by atoms with Crippen LogP contribution in [-0.2, 0) is 14.3 Å². The molecule has 0 heterocycles. The van der Waals surface area contributed by atoms with E-state index in [-0.39, 0.29) is 30.1 Å². The summed E-state index contributed by atoms with van der Waals surface area (Å²) < 4.78 is 5.12. The molecule has 2 aliphatic carbocycles. The van der Waals surface area contributed by atoms with Crippen molar-refractivity contribution in [3.05, 3.63) is 12.2 Å². The number of unbranched alkanes of at least 4 members (excludes halogenated alkanes) is 1. The molecular weight excluding hydrogens is 232 g/mol. The molecule has 0 aromatic heterocycles. The van der Waals surface area contributed by atoms with Crippen molar-refractivity contribution in [2.24, 2.45) is 23.7 Å². The van der Waals surface area contributed by atoms with Crippen LogP contribution in [0, 0.1) is 23.7 Å². The van der Waals surface area contributed by atoms with E-state index in [0.29, 0.717) is 6.61 Å². The Hall–Kier alpha value is -1.32. The minimum atomic E-state index is -0.779. The minimum absolute atomic E-state index is 0.0772. The van der Waals surface area contributed by atoms with Gasteiger partial charge in [0, 0.05) is 6.42 Å². The summed E-state index contributed by atoms with van der Waals surface area (Å²) in [5.74, 6) is -1.15. The number of fused-ring (bicyclic) bond motifs is 2. The lowest BCUT2D eigenvalue weighted by atomic mass is 9.81. The quantitative estimate of drug-likeness (QED) is 0.447. The highest BCUT2D eigenvalue weighted by Crippen LogP contribution is 2.49. The Morgan fingerprint density at radius 1 is 1.33 bits per heavy atom. The van der Waals surface area contributed by atoms with Gasteiger partial charge in [0.2, 0.25) is 0 Å². The summed E-state index contributed by atoms with van der Waals surface area (Å²) >= 11 is 0. The molecule has 1 saturated carbocycles. The SMILES string of the molecule is CCCCOC(=O)CC1C2C=CC(C2)C1C(=O)O. The first-order valence-corrected chi connectivity index (χ1v) is 6.70. The largest absolute Gasteiger partial charge is 0.481 e. The van der Waals surface area contributed by atoms with E-state index in [1.807, 2.05) is 13.0 Å². The monoisotopic (exact) mass is 252 g/mol. The molecule has 0 amide bonds. The Labute approximate surface area is 107 Å². The zero-order valence-corrected chi connectivity index (χ0v) is 10.7. The molecule has 100 valence electrons. The third kappa shape index (κ3) is 2.57. The molecule has 0 radical (unpaired) electrons. The molecule has 4 heteroatoms. The fourth-order valence-electron chi connectivity index (χ4n) is 3.15. The van der Waals surface area contributed by atoms with Crippen molar-refractivity contribution in [2.45, 2.75) is 32.6 Å². The minimum Gasteiger partial charge on any atom is -0.481 e. The van der Waals surface area contributed by atoms with Crippen molar-refractivity contribution in [1.29, 1.82) is 0 Å². The summed E-state index contributed by atoms with van der Waals surface area (Å²) in [6.45, 7) is 2.48. The summed E-state index contributed by atoms with van der Waals surface area (Å²) in [5, 5.41) is 9.25. The third-order valence-electron chi connectivity index (χ3n) is 4.07. The summed E-state index contributed by atoms with van der Waals surface area (Å²) in [6.07, 6.45) is 7.03. The van der Waals surface area contributed by atoms with Crippen LogP contribution in [-0.4, -0.2) is 23.7 Å². The number of aliphatic carboxylic acids is 1. The van der Waals surface area contributed by atoms with Gasteiger partial charge >= 0.3 is 11.9 Å². The van der Waals surface area contributed by atoms with Crippen LogP contribution >= 0.6 is 0 Å². The molecule has 4 nitrogen and oxygen atoms in total. The summed E-state index contributed by atoms with van der Waals surface area (Å²) in [5.41, 5.74) is 0. The fraction of sp³-hybridized carbons (Fsp3) is 0.714. The summed E-state index contributed by atoms with van der Waals surface area (Å²) in [4.78, 5) is 22.9. The Morgan fingerprint density at radius 3 is 2.72 bits per heavy atom. The van der Waals surface area contributed by atoms with Crippen molar-refractivity contribution < 1.29 is 19.4 Å². The van der Waals surface area contributed by atoms with Crippen molar-refractivity contribution in [3.8, 4) is 0 Å². The molecule has 0 saturated heterocycles. The molecular formula is C14H20O4. The molecule has 1 fully saturated rings. The number of hydrogen-bond donors (Lipinski definition) is 1. The predicted octanol–water partition coefficient (Wildman–Crippen LogP) is 2.24. The highest BCUT2D eigenvalue weighted by molar-refractivity contribution is 5.75. The van der Waals surface area contributed by atoms with Gasteiger partial charge in [0.25, 0.3) is 0 Å². The lowest BCUT2D eigenvalue weighted by Crippen LogP contribution is -2.29. The summed E-state index contributed by atoms with van der Waals surface area (Å²) in [7, 11) is 0. The number of hydrogen-bond acceptors (Lipinski definition) is 3.